The van der Waals surface area contributed by atoms with E-state index in [0.29, 0.717) is 0 Å². The topological polar surface area (TPSA) is 86.5 Å². The van der Waals surface area contributed by atoms with Crippen molar-refractivity contribution in [3.05, 3.63) is 35.6 Å². The molecule has 88 valence electrons. The average Bonchev–Trinajstić information content (AvgIpc) is 2.14. The highest BCUT2D eigenvalue weighted by Crippen LogP contribution is 2.19. The second-order valence-electron chi connectivity index (χ2n) is 3.13. The molecule has 0 saturated heterocycles. The van der Waals surface area contributed by atoms with Crippen LogP contribution in [0.2, 0.25) is 0 Å². The van der Waals surface area contributed by atoms with Crippen molar-refractivity contribution >= 4 is 16.0 Å². The Labute approximate surface area is 92.1 Å². The highest BCUT2D eigenvalue weighted by molar-refractivity contribution is 7.86. The summed E-state index contributed by atoms with van der Waals surface area (Å²) in [6.45, 7) is 0. The molecule has 2 N–H and O–H groups in total. The number of carbonyl (C=O) groups excluding carboxylic acids is 1. The van der Waals surface area contributed by atoms with Gasteiger partial charge in [0.2, 0.25) is 0 Å². The van der Waals surface area contributed by atoms with Gasteiger partial charge in [0.05, 0.1) is 6.26 Å². The first-order valence-electron chi connectivity index (χ1n) is 4.22. The van der Waals surface area contributed by atoms with Gasteiger partial charge in [0.15, 0.2) is 6.10 Å². The van der Waals surface area contributed by atoms with Crippen LogP contribution in [0.3, 0.4) is 0 Å². The van der Waals surface area contributed by atoms with E-state index >= 15 is 0 Å². The van der Waals surface area contributed by atoms with Crippen molar-refractivity contribution in [1.82, 2.24) is 0 Å². The molecule has 0 aromatic heterocycles. The van der Waals surface area contributed by atoms with Crippen molar-refractivity contribution in [2.45, 2.75) is 6.10 Å². The van der Waals surface area contributed by atoms with Crippen LogP contribution in [0.4, 0.5) is 4.39 Å². The van der Waals surface area contributed by atoms with Crippen molar-refractivity contribution in [2.75, 3.05) is 6.26 Å². The fraction of sp³-hybridized carbons (Fsp3) is 0.222. The largest absolute Gasteiger partial charge is 0.367 e. The molecule has 7 heteroatoms. The summed E-state index contributed by atoms with van der Waals surface area (Å²) in [4.78, 5) is 11.0. The third-order valence-electron chi connectivity index (χ3n) is 1.70. The van der Waals surface area contributed by atoms with Crippen LogP contribution in [-0.4, -0.2) is 20.6 Å². The standard InChI is InChI=1S/C9H10FNO4S/c1-16(13,14)15-8(9(11)12)6-2-4-7(10)5-3-6/h2-5,8H,1H3,(H2,11,12). The van der Waals surface area contributed by atoms with Crippen molar-refractivity contribution in [1.29, 1.82) is 0 Å². The Morgan fingerprint density at radius 3 is 2.25 bits per heavy atom. The van der Waals surface area contributed by atoms with Crippen LogP contribution >= 0.6 is 0 Å². The minimum atomic E-state index is -3.82. The zero-order valence-electron chi connectivity index (χ0n) is 8.38. The quantitative estimate of drug-likeness (QED) is 0.777. The summed E-state index contributed by atoms with van der Waals surface area (Å²) < 4.78 is 38.9. The minimum Gasteiger partial charge on any atom is -0.367 e. The maximum atomic E-state index is 12.6. The molecule has 0 bridgehead atoms. The Hall–Kier alpha value is -1.47. The molecule has 16 heavy (non-hydrogen) atoms. The summed E-state index contributed by atoms with van der Waals surface area (Å²) in [5.74, 6) is -1.47. The molecule has 1 atom stereocenters. The third-order valence-corrected chi connectivity index (χ3v) is 2.24. The lowest BCUT2D eigenvalue weighted by Crippen LogP contribution is -2.25. The number of carbonyl (C=O) groups is 1. The summed E-state index contributed by atoms with van der Waals surface area (Å²) in [5.41, 5.74) is 5.17. The number of benzene rings is 1. The van der Waals surface area contributed by atoms with Crippen LogP contribution in [0.1, 0.15) is 11.7 Å². The van der Waals surface area contributed by atoms with E-state index in [9.17, 15) is 17.6 Å². The lowest BCUT2D eigenvalue weighted by Gasteiger charge is -2.12. The van der Waals surface area contributed by atoms with Crippen LogP contribution < -0.4 is 5.73 Å². The molecule has 0 fully saturated rings. The van der Waals surface area contributed by atoms with Gasteiger partial charge in [-0.1, -0.05) is 12.1 Å². The van der Waals surface area contributed by atoms with Crippen molar-refractivity contribution in [2.24, 2.45) is 5.73 Å². The van der Waals surface area contributed by atoms with E-state index in [0.717, 1.165) is 18.4 Å². The summed E-state index contributed by atoms with van der Waals surface area (Å²) in [7, 11) is -3.82. The first-order chi connectivity index (χ1) is 7.29. The van der Waals surface area contributed by atoms with Gasteiger partial charge >= 0.3 is 0 Å². The van der Waals surface area contributed by atoms with Crippen LogP contribution in [0.15, 0.2) is 24.3 Å². The van der Waals surface area contributed by atoms with Crippen LogP contribution in [0, 0.1) is 5.82 Å². The predicted molar refractivity (Wildman–Crippen MR) is 54.3 cm³/mol. The molecule has 5 nitrogen and oxygen atoms in total. The molecule has 0 aliphatic carbocycles. The van der Waals surface area contributed by atoms with Gasteiger partial charge < -0.3 is 5.73 Å². The van der Waals surface area contributed by atoms with Crippen molar-refractivity contribution in [3.63, 3.8) is 0 Å². The number of hydrogen-bond donors (Lipinski definition) is 1. The number of halogens is 1. The molecule has 0 aliphatic heterocycles. The van der Waals surface area contributed by atoms with Crippen molar-refractivity contribution < 1.29 is 21.8 Å². The minimum absolute atomic E-state index is 0.180. The molecule has 1 aromatic rings. The molecule has 0 spiro atoms. The summed E-state index contributed by atoms with van der Waals surface area (Å²) in [5, 5.41) is 0. The smallest absolute Gasteiger partial charge is 0.265 e. The van der Waals surface area contributed by atoms with E-state index in [-0.39, 0.29) is 5.56 Å². The van der Waals surface area contributed by atoms with E-state index in [2.05, 4.69) is 4.18 Å². The zero-order chi connectivity index (χ0) is 12.3. The lowest BCUT2D eigenvalue weighted by atomic mass is 10.1. The highest BCUT2D eigenvalue weighted by atomic mass is 32.2. The van der Waals surface area contributed by atoms with Gasteiger partial charge in [-0.15, -0.1) is 0 Å². The Morgan fingerprint density at radius 1 is 1.38 bits per heavy atom. The van der Waals surface area contributed by atoms with Gasteiger partial charge in [0, 0.05) is 0 Å². The van der Waals surface area contributed by atoms with E-state index < -0.39 is 27.9 Å². The lowest BCUT2D eigenvalue weighted by molar-refractivity contribution is -0.124. The fourth-order valence-electron chi connectivity index (χ4n) is 1.08. The van der Waals surface area contributed by atoms with Crippen LogP contribution in [0.25, 0.3) is 0 Å². The number of nitrogens with two attached hydrogens (primary N) is 1. The zero-order valence-corrected chi connectivity index (χ0v) is 9.20. The van der Waals surface area contributed by atoms with Gasteiger partial charge in [-0.25, -0.2) is 4.39 Å². The molecule has 0 aliphatic rings. The second kappa shape index (κ2) is 4.58. The van der Waals surface area contributed by atoms with Gasteiger partial charge in [0.25, 0.3) is 16.0 Å². The summed E-state index contributed by atoms with van der Waals surface area (Å²) >= 11 is 0. The molecule has 1 unspecified atom stereocenters. The van der Waals surface area contributed by atoms with Crippen LogP contribution in [-0.2, 0) is 19.1 Å². The SMILES string of the molecule is CS(=O)(=O)OC(C(N)=O)c1ccc(F)cc1. The number of amides is 1. The summed E-state index contributed by atoms with van der Waals surface area (Å²) in [6.07, 6.45) is -0.637. The fourth-order valence-corrected chi connectivity index (χ4v) is 1.64. The predicted octanol–water partition coefficient (Wildman–Crippen LogP) is 0.328. The number of primary amides is 1. The van der Waals surface area contributed by atoms with E-state index in [4.69, 9.17) is 5.73 Å². The van der Waals surface area contributed by atoms with E-state index in [1.54, 1.807) is 0 Å². The molecule has 0 heterocycles. The molecule has 1 rings (SSSR count). The molecule has 0 saturated carbocycles. The maximum Gasteiger partial charge on any atom is 0.265 e. The second-order valence-corrected chi connectivity index (χ2v) is 4.74. The normalized spacial score (nSPS) is 13.4. The Balaban J connectivity index is 3.03. The first kappa shape index (κ1) is 12.6. The van der Waals surface area contributed by atoms with Gasteiger partial charge in [-0.3, -0.25) is 8.98 Å². The number of rotatable bonds is 4. The molecular weight excluding hydrogens is 237 g/mol. The van der Waals surface area contributed by atoms with Crippen LogP contribution in [0.5, 0.6) is 0 Å². The Bertz CT molecular complexity index is 483. The first-order valence-corrected chi connectivity index (χ1v) is 6.04. The number of hydrogen-bond acceptors (Lipinski definition) is 4. The van der Waals surface area contributed by atoms with Gasteiger partial charge in [-0.2, -0.15) is 8.42 Å². The molecule has 0 radical (unpaired) electrons. The van der Waals surface area contributed by atoms with E-state index in [1.807, 2.05) is 0 Å². The van der Waals surface area contributed by atoms with E-state index in [1.165, 1.54) is 12.1 Å². The average molecular weight is 247 g/mol. The summed E-state index contributed by atoms with van der Waals surface area (Å²) in [6, 6.07) is 4.62. The van der Waals surface area contributed by atoms with Gasteiger partial charge in [-0.05, 0) is 17.7 Å². The van der Waals surface area contributed by atoms with Crippen molar-refractivity contribution in [3.8, 4) is 0 Å². The Kier molecular flexibility index (Phi) is 3.61. The molecular formula is C9H10FNO4S. The molecule has 1 aromatic carbocycles. The monoisotopic (exact) mass is 247 g/mol. The van der Waals surface area contributed by atoms with Gasteiger partial charge in [0.1, 0.15) is 5.82 Å². The molecule has 1 amide bonds. The Morgan fingerprint density at radius 2 is 1.88 bits per heavy atom. The maximum absolute atomic E-state index is 12.6. The highest BCUT2D eigenvalue weighted by Gasteiger charge is 2.23. The third kappa shape index (κ3) is 3.59.